The number of methoxy groups -OCH3 is 1. The van der Waals surface area contributed by atoms with Crippen LogP contribution in [0.3, 0.4) is 0 Å². The van der Waals surface area contributed by atoms with Crippen molar-refractivity contribution >= 4 is 17.7 Å². The van der Waals surface area contributed by atoms with Crippen LogP contribution in [0.15, 0.2) is 48.5 Å². The average Bonchev–Trinajstić information content (AvgIpc) is 3.01. The van der Waals surface area contributed by atoms with E-state index in [0.29, 0.717) is 31.1 Å². The molecule has 0 spiro atoms. The zero-order valence-electron chi connectivity index (χ0n) is 14.4. The Balaban J connectivity index is 1.61. The van der Waals surface area contributed by atoms with Crippen molar-refractivity contribution in [2.45, 2.75) is 12.7 Å². The van der Waals surface area contributed by atoms with Crippen molar-refractivity contribution in [3.05, 3.63) is 59.7 Å². The van der Waals surface area contributed by atoms with Crippen LogP contribution in [0.4, 0.5) is 10.5 Å². The highest BCUT2D eigenvalue weighted by Gasteiger charge is 2.32. The van der Waals surface area contributed by atoms with E-state index in [1.807, 2.05) is 6.07 Å². The number of ether oxygens (including phenoxy) is 3. The van der Waals surface area contributed by atoms with E-state index in [0.717, 1.165) is 11.3 Å². The minimum atomic E-state index is -0.472. The lowest BCUT2D eigenvalue weighted by molar-refractivity contribution is 0.0718. The first-order chi connectivity index (χ1) is 12.6. The summed E-state index contributed by atoms with van der Waals surface area (Å²) in [4.78, 5) is 24.7. The number of hydrogen-bond donors (Lipinski definition) is 1. The highest BCUT2D eigenvalue weighted by Crippen LogP contribution is 2.24. The Morgan fingerprint density at radius 3 is 2.73 bits per heavy atom. The summed E-state index contributed by atoms with van der Waals surface area (Å²) in [5.74, 6) is 0.180. The number of nitrogens with two attached hydrogens (primary N) is 1. The van der Waals surface area contributed by atoms with Gasteiger partial charge < -0.3 is 19.9 Å². The molecule has 7 heteroatoms. The molecule has 1 unspecified atom stereocenters. The molecule has 1 aliphatic heterocycles. The Labute approximate surface area is 151 Å². The van der Waals surface area contributed by atoms with Crippen LogP contribution in [0.2, 0.25) is 0 Å². The molecule has 0 aromatic heterocycles. The van der Waals surface area contributed by atoms with Gasteiger partial charge in [0.2, 0.25) is 5.91 Å². The number of hydrogen-bond acceptors (Lipinski definition) is 5. The Hall–Kier alpha value is -3.06. The van der Waals surface area contributed by atoms with Crippen LogP contribution in [0.1, 0.15) is 15.9 Å². The second kappa shape index (κ2) is 7.88. The monoisotopic (exact) mass is 356 g/mol. The van der Waals surface area contributed by atoms with E-state index in [4.69, 9.17) is 19.9 Å². The Morgan fingerprint density at radius 2 is 2.04 bits per heavy atom. The molecule has 1 fully saturated rings. The number of anilines is 1. The molecule has 0 aliphatic carbocycles. The maximum Gasteiger partial charge on any atom is 0.414 e. The standard InChI is InChI=1S/C19H20N2O5/c1-24-12-17-10-21(19(23)26-17)15-5-7-16(8-6-15)25-11-13-3-2-4-14(9-13)18(20)22/h2-9,17H,10-12H2,1H3,(H2,20,22). The van der Waals surface area contributed by atoms with Crippen LogP contribution in [0.25, 0.3) is 0 Å². The lowest BCUT2D eigenvalue weighted by Crippen LogP contribution is -2.25. The van der Waals surface area contributed by atoms with Gasteiger partial charge in [0.25, 0.3) is 0 Å². The van der Waals surface area contributed by atoms with Crippen LogP contribution >= 0.6 is 0 Å². The van der Waals surface area contributed by atoms with Crippen LogP contribution in [-0.4, -0.2) is 38.4 Å². The van der Waals surface area contributed by atoms with Gasteiger partial charge in [-0.25, -0.2) is 4.79 Å². The van der Waals surface area contributed by atoms with Gasteiger partial charge in [0.05, 0.1) is 13.2 Å². The summed E-state index contributed by atoms with van der Waals surface area (Å²) in [5, 5.41) is 0. The molecule has 0 radical (unpaired) electrons. The van der Waals surface area contributed by atoms with Crippen molar-refractivity contribution in [3.8, 4) is 5.75 Å². The second-order valence-corrected chi connectivity index (χ2v) is 5.92. The fourth-order valence-electron chi connectivity index (χ4n) is 2.71. The second-order valence-electron chi connectivity index (χ2n) is 5.92. The Bertz CT molecular complexity index is 791. The van der Waals surface area contributed by atoms with E-state index >= 15 is 0 Å². The number of nitrogens with zero attached hydrogens (tertiary/aromatic N) is 1. The van der Waals surface area contributed by atoms with Gasteiger partial charge in [0.1, 0.15) is 18.5 Å². The van der Waals surface area contributed by atoms with Gasteiger partial charge in [0, 0.05) is 18.4 Å². The van der Waals surface area contributed by atoms with Crippen LogP contribution in [0.5, 0.6) is 5.75 Å². The molecule has 3 rings (SSSR count). The Morgan fingerprint density at radius 1 is 1.27 bits per heavy atom. The van der Waals surface area contributed by atoms with Crippen molar-refractivity contribution in [2.75, 3.05) is 25.2 Å². The summed E-state index contributed by atoms with van der Waals surface area (Å²) >= 11 is 0. The summed E-state index contributed by atoms with van der Waals surface area (Å²) in [6.45, 7) is 1.13. The zero-order valence-corrected chi connectivity index (χ0v) is 14.4. The van der Waals surface area contributed by atoms with Gasteiger partial charge in [-0.05, 0) is 42.0 Å². The number of cyclic esters (lactones) is 1. The lowest BCUT2D eigenvalue weighted by Gasteiger charge is -2.14. The lowest BCUT2D eigenvalue weighted by atomic mass is 10.1. The topological polar surface area (TPSA) is 91.1 Å². The van der Waals surface area contributed by atoms with Crippen molar-refractivity contribution in [3.63, 3.8) is 0 Å². The first-order valence-corrected chi connectivity index (χ1v) is 8.15. The quantitative estimate of drug-likeness (QED) is 0.822. The molecule has 1 saturated heterocycles. The number of carbonyl (C=O) groups is 2. The van der Waals surface area contributed by atoms with Crippen LogP contribution < -0.4 is 15.4 Å². The first-order valence-electron chi connectivity index (χ1n) is 8.15. The van der Waals surface area contributed by atoms with Gasteiger partial charge in [0.15, 0.2) is 0 Å². The van der Waals surface area contributed by atoms with E-state index in [1.165, 1.54) is 0 Å². The fourth-order valence-corrected chi connectivity index (χ4v) is 2.71. The normalized spacial score (nSPS) is 16.4. The highest BCUT2D eigenvalue weighted by atomic mass is 16.6. The average molecular weight is 356 g/mol. The minimum Gasteiger partial charge on any atom is -0.489 e. The molecule has 2 N–H and O–H groups in total. The van der Waals surface area contributed by atoms with Gasteiger partial charge in [-0.1, -0.05) is 12.1 Å². The number of carbonyl (C=O) groups excluding carboxylic acids is 2. The van der Waals surface area contributed by atoms with Crippen molar-refractivity contribution < 1.29 is 23.8 Å². The summed E-state index contributed by atoms with van der Waals surface area (Å²) in [7, 11) is 1.57. The zero-order chi connectivity index (χ0) is 18.5. The van der Waals surface area contributed by atoms with Gasteiger partial charge in [-0.15, -0.1) is 0 Å². The molecule has 0 bridgehead atoms. The largest absolute Gasteiger partial charge is 0.489 e. The minimum absolute atomic E-state index is 0.263. The van der Waals surface area contributed by atoms with Crippen LogP contribution in [0, 0.1) is 0 Å². The molecule has 2 amide bonds. The summed E-state index contributed by atoms with van der Waals surface area (Å²) in [6.07, 6.45) is -0.648. The molecule has 26 heavy (non-hydrogen) atoms. The van der Waals surface area contributed by atoms with E-state index in [1.54, 1.807) is 54.5 Å². The number of primary amides is 1. The molecular formula is C19H20N2O5. The molecule has 1 heterocycles. The van der Waals surface area contributed by atoms with E-state index in [-0.39, 0.29) is 12.2 Å². The number of rotatable bonds is 7. The number of amides is 2. The molecule has 7 nitrogen and oxygen atoms in total. The summed E-state index contributed by atoms with van der Waals surface area (Å²) in [6, 6.07) is 14.1. The molecule has 2 aromatic carbocycles. The number of benzene rings is 2. The van der Waals surface area contributed by atoms with E-state index < -0.39 is 5.91 Å². The third kappa shape index (κ3) is 4.12. The molecular weight excluding hydrogens is 336 g/mol. The third-order valence-corrected chi connectivity index (χ3v) is 3.99. The van der Waals surface area contributed by atoms with Crippen molar-refractivity contribution in [1.82, 2.24) is 0 Å². The molecule has 0 saturated carbocycles. The molecule has 1 atom stereocenters. The van der Waals surface area contributed by atoms with Crippen molar-refractivity contribution in [1.29, 1.82) is 0 Å². The summed E-state index contributed by atoms with van der Waals surface area (Å²) < 4.78 is 16.0. The van der Waals surface area contributed by atoms with Gasteiger partial charge in [-0.2, -0.15) is 0 Å². The van der Waals surface area contributed by atoms with Crippen LogP contribution in [-0.2, 0) is 16.1 Å². The molecule has 1 aliphatic rings. The maximum atomic E-state index is 11.9. The smallest absolute Gasteiger partial charge is 0.414 e. The van der Waals surface area contributed by atoms with E-state index in [9.17, 15) is 9.59 Å². The molecule has 136 valence electrons. The molecule has 2 aromatic rings. The summed E-state index contributed by atoms with van der Waals surface area (Å²) in [5.41, 5.74) is 7.30. The SMILES string of the molecule is COCC1CN(c2ccc(OCc3cccc(C(N)=O)c3)cc2)C(=O)O1. The maximum absolute atomic E-state index is 11.9. The Kier molecular flexibility index (Phi) is 5.38. The van der Waals surface area contributed by atoms with Gasteiger partial charge in [-0.3, -0.25) is 9.69 Å². The van der Waals surface area contributed by atoms with E-state index in [2.05, 4.69) is 0 Å². The van der Waals surface area contributed by atoms with Crippen molar-refractivity contribution in [2.24, 2.45) is 5.73 Å². The predicted octanol–water partition coefficient (Wildman–Crippen LogP) is 2.34. The fraction of sp³-hybridized carbons (Fsp3) is 0.263. The predicted molar refractivity (Wildman–Crippen MR) is 95.2 cm³/mol. The van der Waals surface area contributed by atoms with Gasteiger partial charge >= 0.3 is 6.09 Å². The first kappa shape index (κ1) is 17.8. The third-order valence-electron chi connectivity index (χ3n) is 3.99. The highest BCUT2D eigenvalue weighted by molar-refractivity contribution is 5.92.